The minimum Gasteiger partial charge on any atom is -0.366 e. The molecule has 0 aromatic carbocycles. The molecule has 0 atom stereocenters. The van der Waals surface area contributed by atoms with Gasteiger partial charge >= 0.3 is 0 Å². The molecule has 0 amide bonds. The second kappa shape index (κ2) is 5.55. The Morgan fingerprint density at radius 3 is 2.67 bits per heavy atom. The monoisotopic (exact) mass is 306 g/mol. The molecule has 0 radical (unpaired) electrons. The highest BCUT2D eigenvalue weighted by atomic mass is 32.2. The van der Waals surface area contributed by atoms with Gasteiger partial charge in [0.1, 0.15) is 5.52 Å². The molecule has 3 rings (SSSR count). The summed E-state index contributed by atoms with van der Waals surface area (Å²) in [5.74, 6) is 0.645. The zero-order chi connectivity index (χ0) is 14.9. The fourth-order valence-corrected chi connectivity index (χ4v) is 3.17. The first-order chi connectivity index (χ1) is 10.0. The van der Waals surface area contributed by atoms with Gasteiger partial charge in [0.15, 0.2) is 5.82 Å². The lowest BCUT2D eigenvalue weighted by atomic mass is 9.95. The van der Waals surface area contributed by atoms with E-state index in [0.717, 1.165) is 24.5 Å². The van der Waals surface area contributed by atoms with Gasteiger partial charge in [-0.05, 0) is 18.9 Å². The maximum absolute atomic E-state index is 11.6. The van der Waals surface area contributed by atoms with Crippen LogP contribution in [-0.2, 0) is 9.84 Å². The van der Waals surface area contributed by atoms with Gasteiger partial charge in [0.25, 0.3) is 0 Å². The Labute approximate surface area is 123 Å². The number of fused-ring (bicyclic) bond motifs is 1. The van der Waals surface area contributed by atoms with Crippen molar-refractivity contribution in [2.45, 2.75) is 43.3 Å². The van der Waals surface area contributed by atoms with Crippen LogP contribution in [0.5, 0.6) is 0 Å². The molecule has 1 saturated carbocycles. The zero-order valence-corrected chi connectivity index (χ0v) is 12.7. The van der Waals surface area contributed by atoms with E-state index >= 15 is 0 Å². The number of anilines is 1. The highest BCUT2D eigenvalue weighted by molar-refractivity contribution is 7.90. The van der Waals surface area contributed by atoms with Gasteiger partial charge in [0.2, 0.25) is 15.0 Å². The quantitative estimate of drug-likeness (QED) is 0.875. The lowest BCUT2D eigenvalue weighted by Gasteiger charge is -2.23. The third-order valence-electron chi connectivity index (χ3n) is 3.75. The molecule has 1 N–H and O–H groups in total. The van der Waals surface area contributed by atoms with Gasteiger partial charge in [-0.15, -0.1) is 0 Å². The SMILES string of the molecule is CS(=O)(=O)c1ncc2ccnc(NC3CCCCC3)c2n1. The molecule has 21 heavy (non-hydrogen) atoms. The van der Waals surface area contributed by atoms with Crippen LogP contribution in [0.25, 0.3) is 10.9 Å². The maximum Gasteiger partial charge on any atom is 0.247 e. The van der Waals surface area contributed by atoms with E-state index in [4.69, 9.17) is 0 Å². The standard InChI is InChI=1S/C14H18N4O2S/c1-21(19,20)14-16-9-10-7-8-15-13(12(10)18-14)17-11-5-3-2-4-6-11/h7-9,11H,2-6H2,1H3,(H,15,17). The molecule has 112 valence electrons. The van der Waals surface area contributed by atoms with Crippen molar-refractivity contribution in [2.75, 3.05) is 11.6 Å². The summed E-state index contributed by atoms with van der Waals surface area (Å²) in [7, 11) is -3.42. The summed E-state index contributed by atoms with van der Waals surface area (Å²) in [5.41, 5.74) is 0.568. The van der Waals surface area contributed by atoms with Crippen molar-refractivity contribution in [1.29, 1.82) is 0 Å². The fourth-order valence-electron chi connectivity index (χ4n) is 2.66. The van der Waals surface area contributed by atoms with Crippen molar-refractivity contribution in [3.8, 4) is 0 Å². The van der Waals surface area contributed by atoms with E-state index in [9.17, 15) is 8.42 Å². The molecule has 2 aromatic rings. The summed E-state index contributed by atoms with van der Waals surface area (Å²) in [6.45, 7) is 0. The Hall–Kier alpha value is -1.76. The van der Waals surface area contributed by atoms with Crippen LogP contribution in [0.3, 0.4) is 0 Å². The summed E-state index contributed by atoms with van der Waals surface area (Å²) in [6, 6.07) is 2.17. The van der Waals surface area contributed by atoms with Gasteiger partial charge in [-0.25, -0.2) is 23.4 Å². The number of hydrogen-bond donors (Lipinski definition) is 1. The van der Waals surface area contributed by atoms with E-state index in [1.54, 1.807) is 12.3 Å². The number of hydrogen-bond acceptors (Lipinski definition) is 6. The second-order valence-electron chi connectivity index (χ2n) is 5.50. The van der Waals surface area contributed by atoms with Crippen LogP contribution < -0.4 is 5.32 Å². The first-order valence-electron chi connectivity index (χ1n) is 7.12. The molecular weight excluding hydrogens is 288 g/mol. The molecule has 0 bridgehead atoms. The average Bonchev–Trinajstić information content (AvgIpc) is 2.47. The van der Waals surface area contributed by atoms with Crippen LogP contribution in [-0.4, -0.2) is 35.7 Å². The van der Waals surface area contributed by atoms with E-state index in [-0.39, 0.29) is 5.16 Å². The lowest BCUT2D eigenvalue weighted by molar-refractivity contribution is 0.462. The Kier molecular flexibility index (Phi) is 3.75. The van der Waals surface area contributed by atoms with E-state index in [2.05, 4.69) is 20.3 Å². The molecule has 0 aliphatic heterocycles. The van der Waals surface area contributed by atoms with Crippen molar-refractivity contribution in [1.82, 2.24) is 15.0 Å². The van der Waals surface area contributed by atoms with Gasteiger partial charge < -0.3 is 5.32 Å². The third kappa shape index (κ3) is 3.12. The van der Waals surface area contributed by atoms with Gasteiger partial charge in [0, 0.05) is 30.1 Å². The minimum absolute atomic E-state index is 0.158. The smallest absolute Gasteiger partial charge is 0.247 e. The van der Waals surface area contributed by atoms with Gasteiger partial charge in [-0.2, -0.15) is 0 Å². The second-order valence-corrected chi connectivity index (χ2v) is 7.41. The molecule has 1 fully saturated rings. The summed E-state index contributed by atoms with van der Waals surface area (Å²) >= 11 is 0. The molecule has 2 heterocycles. The molecule has 1 aliphatic rings. The maximum atomic E-state index is 11.6. The van der Waals surface area contributed by atoms with Gasteiger partial charge in [-0.3, -0.25) is 0 Å². The van der Waals surface area contributed by atoms with Gasteiger partial charge in [0.05, 0.1) is 0 Å². The number of nitrogens with one attached hydrogen (secondary N) is 1. The highest BCUT2D eigenvalue weighted by Crippen LogP contribution is 2.24. The normalized spacial score (nSPS) is 17.0. The van der Waals surface area contributed by atoms with Crippen LogP contribution >= 0.6 is 0 Å². The Balaban J connectivity index is 2.00. The highest BCUT2D eigenvalue weighted by Gasteiger charge is 2.17. The Bertz CT molecular complexity index is 755. The summed E-state index contributed by atoms with van der Waals surface area (Å²) in [4.78, 5) is 12.4. The number of pyridine rings is 1. The van der Waals surface area contributed by atoms with Crippen LogP contribution in [0.2, 0.25) is 0 Å². The van der Waals surface area contributed by atoms with Crippen molar-refractivity contribution in [3.63, 3.8) is 0 Å². The minimum atomic E-state index is -3.42. The van der Waals surface area contributed by atoms with Gasteiger partial charge in [-0.1, -0.05) is 19.3 Å². The van der Waals surface area contributed by atoms with E-state index in [1.807, 2.05) is 0 Å². The Morgan fingerprint density at radius 1 is 1.19 bits per heavy atom. The van der Waals surface area contributed by atoms with Crippen LogP contribution in [0.1, 0.15) is 32.1 Å². The molecule has 6 nitrogen and oxygen atoms in total. The lowest BCUT2D eigenvalue weighted by Crippen LogP contribution is -2.23. The summed E-state index contributed by atoms with van der Waals surface area (Å²) in [5, 5.41) is 4.04. The fraction of sp³-hybridized carbons (Fsp3) is 0.500. The molecule has 0 unspecified atom stereocenters. The molecule has 0 saturated heterocycles. The van der Waals surface area contributed by atoms with E-state index in [0.29, 0.717) is 17.4 Å². The number of rotatable bonds is 3. The first kappa shape index (κ1) is 14.2. The molecule has 0 spiro atoms. The van der Waals surface area contributed by atoms with Crippen LogP contribution in [0, 0.1) is 0 Å². The van der Waals surface area contributed by atoms with Crippen LogP contribution in [0.4, 0.5) is 5.82 Å². The van der Waals surface area contributed by atoms with Crippen molar-refractivity contribution >= 4 is 26.6 Å². The van der Waals surface area contributed by atoms with Crippen LogP contribution in [0.15, 0.2) is 23.6 Å². The third-order valence-corrected chi connectivity index (χ3v) is 4.61. The first-order valence-corrected chi connectivity index (χ1v) is 9.01. The van der Waals surface area contributed by atoms with E-state index < -0.39 is 9.84 Å². The Morgan fingerprint density at radius 2 is 1.95 bits per heavy atom. The molecule has 1 aliphatic carbocycles. The number of nitrogens with zero attached hydrogens (tertiary/aromatic N) is 3. The number of sulfone groups is 1. The van der Waals surface area contributed by atoms with E-state index in [1.165, 1.54) is 25.5 Å². The topological polar surface area (TPSA) is 84.8 Å². The molecule has 2 aromatic heterocycles. The predicted octanol–water partition coefficient (Wildman–Crippen LogP) is 2.17. The molecular formula is C14H18N4O2S. The summed E-state index contributed by atoms with van der Waals surface area (Å²) in [6.07, 6.45) is 10.3. The van der Waals surface area contributed by atoms with Crippen molar-refractivity contribution < 1.29 is 8.42 Å². The summed E-state index contributed by atoms with van der Waals surface area (Å²) < 4.78 is 23.2. The number of aromatic nitrogens is 3. The molecule has 7 heteroatoms. The predicted molar refractivity (Wildman–Crippen MR) is 80.9 cm³/mol. The zero-order valence-electron chi connectivity index (χ0n) is 11.9. The van der Waals surface area contributed by atoms with Crippen molar-refractivity contribution in [2.24, 2.45) is 0 Å². The van der Waals surface area contributed by atoms with Crippen molar-refractivity contribution in [3.05, 3.63) is 18.5 Å². The largest absolute Gasteiger partial charge is 0.366 e. The average molecular weight is 306 g/mol.